The fourth-order valence-electron chi connectivity index (χ4n) is 3.92. The zero-order chi connectivity index (χ0) is 22.9. The molecule has 32 heavy (non-hydrogen) atoms. The number of sulfone groups is 1. The maximum absolute atomic E-state index is 13.0. The number of rotatable bonds is 5. The number of hydrogen-bond acceptors (Lipinski definition) is 6. The number of benzene rings is 2. The number of amides is 2. The Morgan fingerprint density at radius 1 is 1.16 bits per heavy atom. The number of piperazine rings is 1. The third-order valence-electron chi connectivity index (χ3n) is 5.60. The van der Waals surface area contributed by atoms with Gasteiger partial charge in [-0.25, -0.2) is 8.42 Å². The van der Waals surface area contributed by atoms with Gasteiger partial charge in [0.2, 0.25) is 11.8 Å². The summed E-state index contributed by atoms with van der Waals surface area (Å²) in [6.07, 6.45) is 0. The lowest BCUT2D eigenvalue weighted by Crippen LogP contribution is -2.50. The quantitative estimate of drug-likeness (QED) is 0.688. The molecule has 0 aliphatic carbocycles. The standard InChI is InChI=1S/C22H24ClN3O4S2/c1-15(14-32(29,30)18-5-6-20-19(12-18)24-21(27)13-31-20)22(28)26-9-7-25(8-10-26)17-4-2-3-16(23)11-17/h2-6,11-12,15H,7-10,13-14H2,1H3,(H,24,27)/t15-/m1/s1. The zero-order valence-corrected chi connectivity index (χ0v) is 20.0. The predicted octanol–water partition coefficient (Wildman–Crippen LogP) is 3.14. The third kappa shape index (κ3) is 5.05. The molecule has 1 atom stereocenters. The Morgan fingerprint density at radius 3 is 2.62 bits per heavy atom. The predicted molar refractivity (Wildman–Crippen MR) is 127 cm³/mol. The highest BCUT2D eigenvalue weighted by atomic mass is 35.5. The Kier molecular flexibility index (Phi) is 6.69. The van der Waals surface area contributed by atoms with Crippen LogP contribution in [0.15, 0.2) is 52.3 Å². The highest BCUT2D eigenvalue weighted by Gasteiger charge is 2.30. The van der Waals surface area contributed by atoms with E-state index < -0.39 is 15.8 Å². The summed E-state index contributed by atoms with van der Waals surface area (Å²) in [7, 11) is -3.69. The van der Waals surface area contributed by atoms with E-state index in [-0.39, 0.29) is 22.5 Å². The summed E-state index contributed by atoms with van der Waals surface area (Å²) in [5, 5.41) is 3.38. The average Bonchev–Trinajstić information content (AvgIpc) is 2.78. The molecule has 4 rings (SSSR count). The highest BCUT2D eigenvalue weighted by Crippen LogP contribution is 2.33. The first-order chi connectivity index (χ1) is 15.2. The molecule has 2 aromatic carbocycles. The van der Waals surface area contributed by atoms with E-state index in [0.29, 0.717) is 42.6 Å². The average molecular weight is 494 g/mol. The number of fused-ring (bicyclic) bond motifs is 1. The zero-order valence-electron chi connectivity index (χ0n) is 17.6. The normalized spacial score (nSPS) is 17.5. The summed E-state index contributed by atoms with van der Waals surface area (Å²) in [5.41, 5.74) is 1.52. The lowest BCUT2D eigenvalue weighted by molar-refractivity contribution is -0.134. The maximum Gasteiger partial charge on any atom is 0.234 e. The van der Waals surface area contributed by atoms with Crippen molar-refractivity contribution >= 4 is 56.4 Å². The Bertz CT molecular complexity index is 1150. The molecule has 2 amide bonds. The van der Waals surface area contributed by atoms with Gasteiger partial charge in [0, 0.05) is 47.7 Å². The van der Waals surface area contributed by atoms with Gasteiger partial charge in [-0.2, -0.15) is 0 Å². The Balaban J connectivity index is 1.38. The van der Waals surface area contributed by atoms with E-state index in [1.54, 1.807) is 24.0 Å². The van der Waals surface area contributed by atoms with Crippen molar-refractivity contribution < 1.29 is 18.0 Å². The monoisotopic (exact) mass is 493 g/mol. The number of nitrogens with zero attached hydrogens (tertiary/aromatic N) is 2. The minimum atomic E-state index is -3.69. The Hall–Kier alpha value is -2.23. The van der Waals surface area contributed by atoms with Crippen LogP contribution in [-0.2, 0) is 19.4 Å². The number of halogens is 1. The molecule has 1 saturated heterocycles. The van der Waals surface area contributed by atoms with Gasteiger partial charge in [-0.15, -0.1) is 11.8 Å². The molecule has 170 valence electrons. The van der Waals surface area contributed by atoms with Crippen LogP contribution in [0.1, 0.15) is 6.92 Å². The molecule has 10 heteroatoms. The lowest BCUT2D eigenvalue weighted by Gasteiger charge is -2.37. The van der Waals surface area contributed by atoms with Crippen LogP contribution in [-0.4, -0.2) is 62.8 Å². The summed E-state index contributed by atoms with van der Waals surface area (Å²) in [6.45, 7) is 4.02. The van der Waals surface area contributed by atoms with E-state index in [2.05, 4.69) is 10.2 Å². The molecule has 1 fully saturated rings. The molecule has 2 heterocycles. The van der Waals surface area contributed by atoms with Crippen LogP contribution in [0.2, 0.25) is 5.02 Å². The topological polar surface area (TPSA) is 86.8 Å². The molecule has 2 aliphatic heterocycles. The first-order valence-electron chi connectivity index (χ1n) is 10.3. The SMILES string of the molecule is C[C@H](CS(=O)(=O)c1ccc2c(c1)NC(=O)CS2)C(=O)N1CCN(c2cccc(Cl)c2)CC1. The molecule has 0 saturated carbocycles. The number of nitrogens with one attached hydrogen (secondary N) is 1. The molecule has 0 aromatic heterocycles. The third-order valence-corrected chi connectivity index (χ3v) is 8.82. The second-order valence-electron chi connectivity index (χ2n) is 7.97. The summed E-state index contributed by atoms with van der Waals surface area (Å²) in [6, 6.07) is 12.3. The van der Waals surface area contributed by atoms with E-state index in [0.717, 1.165) is 10.6 Å². The van der Waals surface area contributed by atoms with Gasteiger partial charge in [-0.3, -0.25) is 9.59 Å². The van der Waals surface area contributed by atoms with Crippen LogP contribution in [0.4, 0.5) is 11.4 Å². The summed E-state index contributed by atoms with van der Waals surface area (Å²) < 4.78 is 25.9. The first kappa shape index (κ1) is 22.9. The van der Waals surface area contributed by atoms with Crippen molar-refractivity contribution in [2.24, 2.45) is 5.92 Å². The van der Waals surface area contributed by atoms with E-state index >= 15 is 0 Å². The van der Waals surface area contributed by atoms with Gasteiger partial charge in [0.05, 0.1) is 22.1 Å². The second-order valence-corrected chi connectivity index (χ2v) is 11.5. The Morgan fingerprint density at radius 2 is 1.91 bits per heavy atom. The van der Waals surface area contributed by atoms with Crippen LogP contribution in [0, 0.1) is 5.92 Å². The molecule has 0 radical (unpaired) electrons. The number of anilines is 2. The molecule has 2 aromatic rings. The minimum Gasteiger partial charge on any atom is -0.368 e. The molecule has 0 unspecified atom stereocenters. The van der Waals surface area contributed by atoms with Crippen molar-refractivity contribution in [3.63, 3.8) is 0 Å². The fourth-order valence-corrected chi connectivity index (χ4v) is 6.46. The van der Waals surface area contributed by atoms with Crippen LogP contribution in [0.5, 0.6) is 0 Å². The van der Waals surface area contributed by atoms with E-state index in [1.807, 2.05) is 24.3 Å². The summed E-state index contributed by atoms with van der Waals surface area (Å²) in [4.78, 5) is 29.4. The summed E-state index contributed by atoms with van der Waals surface area (Å²) in [5.74, 6) is -0.952. The van der Waals surface area contributed by atoms with Gasteiger partial charge in [0.15, 0.2) is 9.84 Å². The van der Waals surface area contributed by atoms with Crippen LogP contribution >= 0.6 is 23.4 Å². The van der Waals surface area contributed by atoms with Gasteiger partial charge < -0.3 is 15.1 Å². The minimum absolute atomic E-state index is 0.115. The van der Waals surface area contributed by atoms with E-state index in [9.17, 15) is 18.0 Å². The molecule has 0 spiro atoms. The van der Waals surface area contributed by atoms with Crippen molar-refractivity contribution in [1.29, 1.82) is 0 Å². The number of thioether (sulfide) groups is 1. The van der Waals surface area contributed by atoms with Crippen molar-refractivity contribution in [3.8, 4) is 0 Å². The van der Waals surface area contributed by atoms with Crippen molar-refractivity contribution in [1.82, 2.24) is 4.90 Å². The number of carbonyl (C=O) groups is 2. The molecule has 2 aliphatic rings. The molecular formula is C22H24ClN3O4S2. The molecular weight excluding hydrogens is 470 g/mol. The largest absolute Gasteiger partial charge is 0.368 e. The van der Waals surface area contributed by atoms with Crippen molar-refractivity contribution in [3.05, 3.63) is 47.5 Å². The van der Waals surface area contributed by atoms with Crippen LogP contribution in [0.3, 0.4) is 0 Å². The smallest absolute Gasteiger partial charge is 0.234 e. The fraction of sp³-hybridized carbons (Fsp3) is 0.364. The van der Waals surface area contributed by atoms with E-state index in [1.165, 1.54) is 17.8 Å². The van der Waals surface area contributed by atoms with Gasteiger partial charge in [0.1, 0.15) is 0 Å². The van der Waals surface area contributed by atoms with Gasteiger partial charge >= 0.3 is 0 Å². The first-order valence-corrected chi connectivity index (χ1v) is 13.3. The van der Waals surface area contributed by atoms with Gasteiger partial charge in [0.25, 0.3) is 0 Å². The van der Waals surface area contributed by atoms with E-state index in [4.69, 9.17) is 11.6 Å². The number of carbonyl (C=O) groups excluding carboxylic acids is 2. The van der Waals surface area contributed by atoms with Crippen LogP contribution in [0.25, 0.3) is 0 Å². The van der Waals surface area contributed by atoms with Crippen molar-refractivity contribution in [2.45, 2.75) is 16.7 Å². The van der Waals surface area contributed by atoms with Crippen LogP contribution < -0.4 is 10.2 Å². The summed E-state index contributed by atoms with van der Waals surface area (Å²) >= 11 is 7.45. The van der Waals surface area contributed by atoms with Gasteiger partial charge in [-0.1, -0.05) is 24.6 Å². The van der Waals surface area contributed by atoms with Crippen molar-refractivity contribution in [2.75, 3.05) is 47.9 Å². The maximum atomic E-state index is 13.0. The molecule has 0 bridgehead atoms. The van der Waals surface area contributed by atoms with Gasteiger partial charge in [-0.05, 0) is 36.4 Å². The molecule has 7 nitrogen and oxygen atoms in total. The Labute approximate surface area is 197 Å². The second kappa shape index (κ2) is 9.33. The number of hydrogen-bond donors (Lipinski definition) is 1. The molecule has 1 N–H and O–H groups in total. The lowest BCUT2D eigenvalue weighted by atomic mass is 10.1. The highest BCUT2D eigenvalue weighted by molar-refractivity contribution is 8.00.